The van der Waals surface area contributed by atoms with Crippen LogP contribution in [0.25, 0.3) is 0 Å². The van der Waals surface area contributed by atoms with E-state index < -0.39 is 0 Å². The molecule has 2 heterocycles. The van der Waals surface area contributed by atoms with Gasteiger partial charge >= 0.3 is 0 Å². The molecule has 0 aromatic carbocycles. The van der Waals surface area contributed by atoms with Gasteiger partial charge in [-0.1, -0.05) is 0 Å². The number of nitrogens with zero attached hydrogens (tertiary/aromatic N) is 2. The maximum absolute atomic E-state index is 12.2. The average molecular weight is 275 g/mol. The third-order valence-corrected chi connectivity index (χ3v) is 3.62. The van der Waals surface area contributed by atoms with Crippen LogP contribution in [0.5, 0.6) is 0 Å². The number of rotatable bonds is 4. The Morgan fingerprint density at radius 2 is 2.32 bits per heavy atom. The highest BCUT2D eigenvalue weighted by Crippen LogP contribution is 2.42. The molecule has 19 heavy (non-hydrogen) atoms. The highest BCUT2D eigenvalue weighted by molar-refractivity contribution is 7.98. The van der Waals surface area contributed by atoms with Crippen LogP contribution in [0.15, 0.2) is 34.2 Å². The highest BCUT2D eigenvalue weighted by Gasteiger charge is 2.31. The number of carbonyl (C=O) groups excluding carboxylic acids is 1. The molecule has 2 aromatic heterocycles. The SMILES string of the molecule is CSc1cc(NC(=O)c2ccoc2C2CC2)ncn1. The second-order valence-electron chi connectivity index (χ2n) is 4.37. The van der Waals surface area contributed by atoms with Crippen molar-refractivity contribution in [1.29, 1.82) is 0 Å². The van der Waals surface area contributed by atoms with Crippen molar-refractivity contribution in [2.45, 2.75) is 23.8 Å². The van der Waals surface area contributed by atoms with Gasteiger partial charge in [-0.05, 0) is 25.2 Å². The molecule has 0 radical (unpaired) electrons. The van der Waals surface area contributed by atoms with Gasteiger partial charge in [0.05, 0.1) is 11.8 Å². The molecule has 1 fully saturated rings. The number of amides is 1. The Bertz CT molecular complexity index is 607. The summed E-state index contributed by atoms with van der Waals surface area (Å²) in [6.45, 7) is 0. The first-order valence-electron chi connectivity index (χ1n) is 6.02. The number of carbonyl (C=O) groups is 1. The summed E-state index contributed by atoms with van der Waals surface area (Å²) in [5.41, 5.74) is 0.604. The first kappa shape index (κ1) is 12.2. The van der Waals surface area contributed by atoms with Crippen molar-refractivity contribution in [3.05, 3.63) is 36.0 Å². The number of furan rings is 1. The molecule has 0 saturated heterocycles. The van der Waals surface area contributed by atoms with Gasteiger partial charge in [0, 0.05) is 12.0 Å². The van der Waals surface area contributed by atoms with Gasteiger partial charge in [0.1, 0.15) is 22.9 Å². The summed E-state index contributed by atoms with van der Waals surface area (Å²) in [4.78, 5) is 20.3. The fourth-order valence-electron chi connectivity index (χ4n) is 1.87. The molecule has 2 aromatic rings. The smallest absolute Gasteiger partial charge is 0.260 e. The second-order valence-corrected chi connectivity index (χ2v) is 5.20. The topological polar surface area (TPSA) is 68.0 Å². The van der Waals surface area contributed by atoms with E-state index in [4.69, 9.17) is 4.42 Å². The summed E-state index contributed by atoms with van der Waals surface area (Å²) in [6, 6.07) is 3.46. The number of hydrogen-bond acceptors (Lipinski definition) is 5. The van der Waals surface area contributed by atoms with Crippen molar-refractivity contribution in [1.82, 2.24) is 9.97 Å². The van der Waals surface area contributed by atoms with Crippen LogP contribution in [0.3, 0.4) is 0 Å². The molecule has 1 N–H and O–H groups in total. The molecule has 0 atom stereocenters. The Morgan fingerprint density at radius 1 is 1.47 bits per heavy atom. The minimum Gasteiger partial charge on any atom is -0.468 e. The molecule has 0 bridgehead atoms. The van der Waals surface area contributed by atoms with E-state index in [0.717, 1.165) is 23.6 Å². The fourth-order valence-corrected chi connectivity index (χ4v) is 2.26. The molecule has 3 rings (SSSR count). The van der Waals surface area contributed by atoms with Crippen LogP contribution in [-0.2, 0) is 0 Å². The van der Waals surface area contributed by atoms with Crippen LogP contribution >= 0.6 is 11.8 Å². The van der Waals surface area contributed by atoms with Gasteiger partial charge in [0.2, 0.25) is 0 Å². The molecule has 98 valence electrons. The molecule has 0 aliphatic heterocycles. The van der Waals surface area contributed by atoms with Crippen LogP contribution in [0.4, 0.5) is 5.82 Å². The fraction of sp³-hybridized carbons (Fsp3) is 0.308. The zero-order valence-electron chi connectivity index (χ0n) is 10.4. The molecule has 1 amide bonds. The van der Waals surface area contributed by atoms with Crippen LogP contribution in [0, 0.1) is 0 Å². The second kappa shape index (κ2) is 5.05. The quantitative estimate of drug-likeness (QED) is 0.686. The first-order valence-corrected chi connectivity index (χ1v) is 7.25. The lowest BCUT2D eigenvalue weighted by molar-refractivity contribution is 0.102. The standard InChI is InChI=1S/C13H13N3O2S/c1-19-11-6-10(14-7-15-11)16-13(17)9-4-5-18-12(9)8-2-3-8/h4-8H,2-3H2,1H3,(H,14,15,16,17). The zero-order chi connectivity index (χ0) is 13.2. The molecule has 0 unspecified atom stereocenters. The number of aromatic nitrogens is 2. The lowest BCUT2D eigenvalue weighted by Crippen LogP contribution is -2.13. The molecule has 6 heteroatoms. The van der Waals surface area contributed by atoms with E-state index in [2.05, 4.69) is 15.3 Å². The lowest BCUT2D eigenvalue weighted by atomic mass is 10.2. The van der Waals surface area contributed by atoms with Crippen molar-refractivity contribution in [2.75, 3.05) is 11.6 Å². The van der Waals surface area contributed by atoms with E-state index >= 15 is 0 Å². The van der Waals surface area contributed by atoms with E-state index in [9.17, 15) is 4.79 Å². The van der Waals surface area contributed by atoms with Gasteiger partial charge in [-0.15, -0.1) is 11.8 Å². The maximum Gasteiger partial charge on any atom is 0.260 e. The number of nitrogens with one attached hydrogen (secondary N) is 1. The Balaban J connectivity index is 1.78. The number of thioether (sulfide) groups is 1. The van der Waals surface area contributed by atoms with Crippen molar-refractivity contribution >= 4 is 23.5 Å². The summed E-state index contributed by atoms with van der Waals surface area (Å²) in [5, 5.41) is 3.60. The van der Waals surface area contributed by atoms with Crippen molar-refractivity contribution < 1.29 is 9.21 Å². The van der Waals surface area contributed by atoms with E-state index in [0.29, 0.717) is 17.3 Å². The highest BCUT2D eigenvalue weighted by atomic mass is 32.2. The number of anilines is 1. The summed E-state index contributed by atoms with van der Waals surface area (Å²) >= 11 is 1.50. The molecule has 0 spiro atoms. The molecule has 1 aliphatic rings. The largest absolute Gasteiger partial charge is 0.468 e. The van der Waals surface area contributed by atoms with Gasteiger partial charge in [-0.2, -0.15) is 0 Å². The van der Waals surface area contributed by atoms with Crippen LogP contribution in [0.1, 0.15) is 34.9 Å². The normalized spacial score (nSPS) is 14.4. The summed E-state index contributed by atoms with van der Waals surface area (Å²) in [5.74, 6) is 1.52. The summed E-state index contributed by atoms with van der Waals surface area (Å²) in [7, 11) is 0. The van der Waals surface area contributed by atoms with Crippen molar-refractivity contribution in [3.63, 3.8) is 0 Å². The van der Waals surface area contributed by atoms with Crippen LogP contribution in [-0.4, -0.2) is 22.1 Å². The van der Waals surface area contributed by atoms with Gasteiger partial charge in [-0.25, -0.2) is 9.97 Å². The molecular formula is C13H13N3O2S. The third-order valence-electron chi connectivity index (χ3n) is 2.98. The third kappa shape index (κ3) is 2.63. The minimum absolute atomic E-state index is 0.179. The minimum atomic E-state index is -0.179. The lowest BCUT2D eigenvalue weighted by Gasteiger charge is -2.04. The molecule has 5 nitrogen and oxygen atoms in total. The molecular weight excluding hydrogens is 262 g/mol. The molecule has 1 aliphatic carbocycles. The Morgan fingerprint density at radius 3 is 3.05 bits per heavy atom. The maximum atomic E-state index is 12.2. The van der Waals surface area contributed by atoms with E-state index in [1.165, 1.54) is 18.1 Å². The Kier molecular flexibility index (Phi) is 3.25. The van der Waals surface area contributed by atoms with Gasteiger partial charge in [0.15, 0.2) is 0 Å². The predicted molar refractivity (Wildman–Crippen MR) is 72.4 cm³/mol. The van der Waals surface area contributed by atoms with E-state index in [1.807, 2.05) is 6.26 Å². The zero-order valence-corrected chi connectivity index (χ0v) is 11.2. The average Bonchev–Trinajstić information content (AvgIpc) is 3.16. The van der Waals surface area contributed by atoms with Crippen LogP contribution < -0.4 is 5.32 Å². The van der Waals surface area contributed by atoms with Crippen molar-refractivity contribution in [3.8, 4) is 0 Å². The summed E-state index contributed by atoms with van der Waals surface area (Å²) < 4.78 is 5.39. The first-order chi connectivity index (χ1) is 9.28. The van der Waals surface area contributed by atoms with Crippen molar-refractivity contribution in [2.24, 2.45) is 0 Å². The van der Waals surface area contributed by atoms with E-state index in [-0.39, 0.29) is 5.91 Å². The predicted octanol–water partition coefficient (Wildman–Crippen LogP) is 2.92. The Labute approximate surface area is 114 Å². The van der Waals surface area contributed by atoms with E-state index in [1.54, 1.807) is 18.4 Å². The monoisotopic (exact) mass is 275 g/mol. The molecule has 1 saturated carbocycles. The van der Waals surface area contributed by atoms with Crippen LogP contribution in [0.2, 0.25) is 0 Å². The van der Waals surface area contributed by atoms with Gasteiger partial charge in [0.25, 0.3) is 5.91 Å². The van der Waals surface area contributed by atoms with Gasteiger partial charge in [-0.3, -0.25) is 4.79 Å². The summed E-state index contributed by atoms with van der Waals surface area (Å²) in [6.07, 6.45) is 7.12. The Hall–Kier alpha value is -1.82. The number of hydrogen-bond donors (Lipinski definition) is 1. The van der Waals surface area contributed by atoms with Gasteiger partial charge < -0.3 is 9.73 Å².